The van der Waals surface area contributed by atoms with Gasteiger partial charge in [-0.1, -0.05) is 0 Å². The van der Waals surface area contributed by atoms with E-state index in [1.807, 2.05) is 6.92 Å². The summed E-state index contributed by atoms with van der Waals surface area (Å²) in [5.74, 6) is 2.13. The van der Waals surface area contributed by atoms with Crippen LogP contribution in [-0.2, 0) is 17.8 Å². The summed E-state index contributed by atoms with van der Waals surface area (Å²) in [6.45, 7) is 5.95. The van der Waals surface area contributed by atoms with E-state index in [4.69, 9.17) is 0 Å². The van der Waals surface area contributed by atoms with Crippen LogP contribution in [0.3, 0.4) is 0 Å². The minimum Gasteiger partial charge on any atom is -0.346 e. The van der Waals surface area contributed by atoms with Crippen LogP contribution in [0.1, 0.15) is 44.4 Å². The number of aryl methyl sites for hydroxylation is 1. The second-order valence-electron chi connectivity index (χ2n) is 5.60. The summed E-state index contributed by atoms with van der Waals surface area (Å²) in [4.78, 5) is 12.3. The third-order valence-electron chi connectivity index (χ3n) is 4.25. The van der Waals surface area contributed by atoms with E-state index >= 15 is 0 Å². The summed E-state index contributed by atoms with van der Waals surface area (Å²) in [7, 11) is 0. The molecule has 0 saturated carbocycles. The van der Waals surface area contributed by atoms with Crippen LogP contribution in [0.2, 0.25) is 0 Å². The molecule has 0 bridgehead atoms. The van der Waals surface area contributed by atoms with Crippen LogP contribution in [0.4, 0.5) is 0 Å². The minimum atomic E-state index is -0.0698. The maximum Gasteiger partial charge on any atom is 0.225 e. The van der Waals surface area contributed by atoms with Crippen LogP contribution in [0.5, 0.6) is 0 Å². The van der Waals surface area contributed by atoms with Crippen LogP contribution in [0.25, 0.3) is 0 Å². The van der Waals surface area contributed by atoms with Gasteiger partial charge in [-0.2, -0.15) is 0 Å². The summed E-state index contributed by atoms with van der Waals surface area (Å²) < 4.78 is 2.14. The smallest absolute Gasteiger partial charge is 0.225 e. The average molecular weight is 263 g/mol. The second kappa shape index (κ2) is 4.92. The molecule has 0 radical (unpaired) electrons. The van der Waals surface area contributed by atoms with E-state index in [9.17, 15) is 4.79 Å². The lowest BCUT2D eigenvalue weighted by atomic mass is 10.0. The van der Waals surface area contributed by atoms with E-state index in [1.165, 1.54) is 0 Å². The van der Waals surface area contributed by atoms with Crippen molar-refractivity contribution >= 4 is 5.91 Å². The van der Waals surface area contributed by atoms with Crippen molar-refractivity contribution in [2.75, 3.05) is 6.54 Å². The summed E-state index contributed by atoms with van der Waals surface area (Å²) in [6.07, 6.45) is 3.04. The zero-order valence-electron chi connectivity index (χ0n) is 11.5. The Morgan fingerprint density at radius 3 is 3.11 bits per heavy atom. The number of hydrogen-bond donors (Lipinski definition) is 2. The third-order valence-corrected chi connectivity index (χ3v) is 4.25. The van der Waals surface area contributed by atoms with Crippen molar-refractivity contribution in [1.82, 2.24) is 25.4 Å². The van der Waals surface area contributed by atoms with Gasteiger partial charge in [0.2, 0.25) is 5.91 Å². The van der Waals surface area contributed by atoms with Gasteiger partial charge in [0.05, 0.1) is 12.0 Å². The molecule has 1 aromatic rings. The Morgan fingerprint density at radius 2 is 2.37 bits per heavy atom. The van der Waals surface area contributed by atoms with E-state index in [0.29, 0.717) is 0 Å². The average Bonchev–Trinajstić information content (AvgIpc) is 3.02. The van der Waals surface area contributed by atoms with Crippen molar-refractivity contribution in [1.29, 1.82) is 0 Å². The highest BCUT2D eigenvalue weighted by molar-refractivity contribution is 5.80. The molecule has 1 fully saturated rings. The Kier molecular flexibility index (Phi) is 3.26. The number of carbonyl (C=O) groups excluding carboxylic acids is 1. The van der Waals surface area contributed by atoms with Gasteiger partial charge in [-0.25, -0.2) is 0 Å². The number of aromatic nitrogens is 3. The van der Waals surface area contributed by atoms with Gasteiger partial charge in [-0.3, -0.25) is 4.79 Å². The Balaban J connectivity index is 1.67. The van der Waals surface area contributed by atoms with E-state index < -0.39 is 0 Å². The lowest BCUT2D eigenvalue weighted by Gasteiger charge is -2.19. The maximum atomic E-state index is 12.3. The largest absolute Gasteiger partial charge is 0.346 e. The molecule has 104 valence electrons. The summed E-state index contributed by atoms with van der Waals surface area (Å²) in [6, 6.07) is 0.191. The molecule has 19 heavy (non-hydrogen) atoms. The molecule has 1 amide bonds. The molecule has 2 aliphatic heterocycles. The highest BCUT2D eigenvalue weighted by Gasteiger charge is 2.31. The van der Waals surface area contributed by atoms with Gasteiger partial charge in [0, 0.05) is 19.0 Å². The zero-order valence-corrected chi connectivity index (χ0v) is 11.5. The van der Waals surface area contributed by atoms with Crippen molar-refractivity contribution < 1.29 is 4.79 Å². The van der Waals surface area contributed by atoms with Crippen molar-refractivity contribution in [2.24, 2.45) is 5.92 Å². The van der Waals surface area contributed by atoms with E-state index in [2.05, 4.69) is 32.3 Å². The first-order valence-corrected chi connectivity index (χ1v) is 7.12. The topological polar surface area (TPSA) is 71.8 Å². The summed E-state index contributed by atoms with van der Waals surface area (Å²) in [5, 5.41) is 14.8. The molecule has 3 rings (SSSR count). The third kappa shape index (κ3) is 2.25. The van der Waals surface area contributed by atoms with Gasteiger partial charge in [-0.15, -0.1) is 10.2 Å². The van der Waals surface area contributed by atoms with Crippen LogP contribution in [0.15, 0.2) is 0 Å². The zero-order chi connectivity index (χ0) is 13.4. The molecule has 1 saturated heterocycles. The SMILES string of the molecule is CC(NC(=O)C1CCNC1C)c1nnc2n1CCC2. The number of hydrogen-bond acceptors (Lipinski definition) is 4. The molecule has 1 aromatic heterocycles. The van der Waals surface area contributed by atoms with Crippen LogP contribution >= 0.6 is 0 Å². The molecule has 6 heteroatoms. The van der Waals surface area contributed by atoms with Gasteiger partial charge >= 0.3 is 0 Å². The number of nitrogens with one attached hydrogen (secondary N) is 2. The fourth-order valence-electron chi connectivity index (χ4n) is 3.10. The monoisotopic (exact) mass is 263 g/mol. The fraction of sp³-hybridized carbons (Fsp3) is 0.769. The predicted octanol–water partition coefficient (Wildman–Crippen LogP) is 0.399. The normalized spacial score (nSPS) is 27.3. The highest BCUT2D eigenvalue weighted by Crippen LogP contribution is 2.21. The second-order valence-corrected chi connectivity index (χ2v) is 5.60. The lowest BCUT2D eigenvalue weighted by Crippen LogP contribution is -2.38. The molecule has 0 aromatic carbocycles. The van der Waals surface area contributed by atoms with Gasteiger partial charge < -0.3 is 15.2 Å². The van der Waals surface area contributed by atoms with E-state index in [0.717, 1.165) is 44.0 Å². The van der Waals surface area contributed by atoms with Crippen LogP contribution < -0.4 is 10.6 Å². The first kappa shape index (κ1) is 12.6. The van der Waals surface area contributed by atoms with Crippen LogP contribution in [-0.4, -0.2) is 33.3 Å². The summed E-state index contributed by atoms with van der Waals surface area (Å²) >= 11 is 0. The fourth-order valence-corrected chi connectivity index (χ4v) is 3.10. The van der Waals surface area contributed by atoms with Crippen LogP contribution in [0, 0.1) is 5.92 Å². The highest BCUT2D eigenvalue weighted by atomic mass is 16.2. The Bertz CT molecular complexity index is 483. The first-order valence-electron chi connectivity index (χ1n) is 7.12. The first-order chi connectivity index (χ1) is 9.16. The molecule has 0 spiro atoms. The molecular weight excluding hydrogens is 242 g/mol. The Labute approximate surface area is 113 Å². The summed E-state index contributed by atoms with van der Waals surface area (Å²) in [5.41, 5.74) is 0. The predicted molar refractivity (Wildman–Crippen MR) is 70.5 cm³/mol. The van der Waals surface area contributed by atoms with Gasteiger partial charge in [0.15, 0.2) is 5.82 Å². The van der Waals surface area contributed by atoms with Crippen molar-refractivity contribution in [2.45, 2.75) is 51.7 Å². The molecule has 0 aliphatic carbocycles. The minimum absolute atomic E-state index is 0.0698. The molecular formula is C13H21N5O. The Morgan fingerprint density at radius 1 is 1.53 bits per heavy atom. The van der Waals surface area contributed by atoms with Crippen molar-refractivity contribution in [3.8, 4) is 0 Å². The van der Waals surface area contributed by atoms with Crippen molar-refractivity contribution in [3.05, 3.63) is 11.6 Å². The lowest BCUT2D eigenvalue weighted by molar-refractivity contribution is -0.125. The molecule has 3 atom stereocenters. The molecule has 6 nitrogen and oxygen atoms in total. The van der Waals surface area contributed by atoms with Gasteiger partial charge in [0.1, 0.15) is 5.82 Å². The standard InChI is InChI=1S/C13H21N5O/c1-8-10(5-6-14-8)13(19)15-9(2)12-17-16-11-4-3-7-18(11)12/h8-10,14H,3-7H2,1-2H3,(H,15,19). The molecule has 2 N–H and O–H groups in total. The molecule has 2 aliphatic rings. The van der Waals surface area contributed by atoms with E-state index in [-0.39, 0.29) is 23.9 Å². The van der Waals surface area contributed by atoms with E-state index in [1.54, 1.807) is 0 Å². The van der Waals surface area contributed by atoms with Crippen molar-refractivity contribution in [3.63, 3.8) is 0 Å². The number of rotatable bonds is 3. The number of nitrogens with zero attached hydrogens (tertiary/aromatic N) is 3. The number of amides is 1. The van der Waals surface area contributed by atoms with Gasteiger partial charge in [-0.05, 0) is 33.2 Å². The Hall–Kier alpha value is -1.43. The molecule has 3 heterocycles. The van der Waals surface area contributed by atoms with Gasteiger partial charge in [0.25, 0.3) is 0 Å². The number of carbonyl (C=O) groups is 1. The maximum absolute atomic E-state index is 12.3. The quantitative estimate of drug-likeness (QED) is 0.828. The number of fused-ring (bicyclic) bond motifs is 1. The molecule has 3 unspecified atom stereocenters.